The van der Waals surface area contributed by atoms with Gasteiger partial charge in [0, 0.05) is 42.5 Å². The number of aryl methyl sites for hydroxylation is 3. The molecule has 0 aromatic carbocycles. The highest BCUT2D eigenvalue weighted by Crippen LogP contribution is 2.27. The normalized spacial score (nSPS) is 10.9. The van der Waals surface area contributed by atoms with E-state index in [-0.39, 0.29) is 11.5 Å². The van der Waals surface area contributed by atoms with Gasteiger partial charge in [0.1, 0.15) is 10.7 Å². The third-order valence-electron chi connectivity index (χ3n) is 4.69. The molecule has 7 heteroatoms. The fourth-order valence-corrected chi connectivity index (χ4v) is 4.08. The Balaban J connectivity index is 1.44. The summed E-state index contributed by atoms with van der Waals surface area (Å²) >= 11 is 1.16. The van der Waals surface area contributed by atoms with Crippen molar-refractivity contribution in [2.75, 3.05) is 0 Å². The first kappa shape index (κ1) is 20.0. The Bertz CT molecular complexity index is 1220. The van der Waals surface area contributed by atoms with Crippen molar-refractivity contribution in [3.05, 3.63) is 82.6 Å². The van der Waals surface area contributed by atoms with Crippen LogP contribution in [0, 0.1) is 19.7 Å². The van der Waals surface area contributed by atoms with E-state index < -0.39 is 5.82 Å². The minimum atomic E-state index is -0.447. The summed E-state index contributed by atoms with van der Waals surface area (Å²) in [6, 6.07) is 8.86. The van der Waals surface area contributed by atoms with Crippen LogP contribution in [0.15, 0.2) is 55.1 Å². The van der Waals surface area contributed by atoms with Gasteiger partial charge in [-0.05, 0) is 55.7 Å². The molecule has 0 aliphatic carbocycles. The summed E-state index contributed by atoms with van der Waals surface area (Å²) in [5.74, 6) is -0.474. The zero-order valence-electron chi connectivity index (χ0n) is 16.6. The van der Waals surface area contributed by atoms with Crippen LogP contribution in [-0.2, 0) is 6.42 Å². The van der Waals surface area contributed by atoms with Crippen LogP contribution < -0.4 is 0 Å². The van der Waals surface area contributed by atoms with E-state index in [1.54, 1.807) is 6.20 Å². The van der Waals surface area contributed by atoms with Gasteiger partial charge < -0.3 is 0 Å². The second kappa shape index (κ2) is 8.59. The third kappa shape index (κ3) is 4.31. The van der Waals surface area contributed by atoms with E-state index in [9.17, 15) is 9.18 Å². The highest BCUT2D eigenvalue weighted by molar-refractivity contribution is 7.16. The van der Waals surface area contributed by atoms with E-state index in [2.05, 4.69) is 26.0 Å². The predicted octanol–water partition coefficient (Wildman–Crippen LogP) is 5.23. The fraction of sp³-hybridized carbons (Fsp3) is 0.174. The maximum atomic E-state index is 13.9. The van der Waals surface area contributed by atoms with Crippen molar-refractivity contribution < 1.29 is 9.18 Å². The number of halogens is 1. The van der Waals surface area contributed by atoms with Gasteiger partial charge in [-0.15, -0.1) is 11.3 Å². The predicted molar refractivity (Wildman–Crippen MR) is 115 cm³/mol. The SMILES string of the molecule is Cc1cc(-c2ncc(CCC(=O)c3cnc(-c4ncccc4F)s3)cc2C)ccn1. The van der Waals surface area contributed by atoms with Crippen LogP contribution in [0.2, 0.25) is 0 Å². The van der Waals surface area contributed by atoms with E-state index in [0.29, 0.717) is 22.7 Å². The molecule has 5 nitrogen and oxygen atoms in total. The molecular weight excluding hydrogens is 399 g/mol. The van der Waals surface area contributed by atoms with Gasteiger partial charge in [0.2, 0.25) is 0 Å². The highest BCUT2D eigenvalue weighted by atomic mass is 32.1. The molecule has 0 radical (unpaired) electrons. The van der Waals surface area contributed by atoms with Crippen LogP contribution in [-0.4, -0.2) is 25.7 Å². The molecule has 4 aromatic rings. The largest absolute Gasteiger partial charge is 0.293 e. The number of carbonyl (C=O) groups excluding carboxylic acids is 1. The molecule has 4 aromatic heterocycles. The second-order valence-electron chi connectivity index (χ2n) is 6.98. The van der Waals surface area contributed by atoms with Crippen LogP contribution >= 0.6 is 11.3 Å². The molecule has 0 saturated carbocycles. The van der Waals surface area contributed by atoms with E-state index in [0.717, 1.165) is 39.4 Å². The number of rotatable bonds is 6. The van der Waals surface area contributed by atoms with Crippen molar-refractivity contribution in [3.8, 4) is 22.0 Å². The van der Waals surface area contributed by atoms with E-state index >= 15 is 0 Å². The standard InChI is InChI=1S/C23H19FN4OS/c1-14-10-16(12-27-21(14)17-7-9-25-15(2)11-17)5-6-19(29)20-13-28-23(30-20)22-18(24)4-3-8-26-22/h3-4,7-13H,5-6H2,1-2H3. The molecule has 0 saturated heterocycles. The molecule has 0 unspecified atom stereocenters. The summed E-state index contributed by atoms with van der Waals surface area (Å²) in [7, 11) is 0. The monoisotopic (exact) mass is 418 g/mol. The lowest BCUT2D eigenvalue weighted by Crippen LogP contribution is -2.00. The Hall–Kier alpha value is -3.32. The lowest BCUT2D eigenvalue weighted by Gasteiger charge is -2.08. The molecule has 4 heterocycles. The molecule has 0 N–H and O–H groups in total. The molecule has 30 heavy (non-hydrogen) atoms. The van der Waals surface area contributed by atoms with Crippen molar-refractivity contribution in [1.82, 2.24) is 19.9 Å². The zero-order valence-corrected chi connectivity index (χ0v) is 17.4. The Morgan fingerprint density at radius 3 is 2.63 bits per heavy atom. The number of hydrogen-bond donors (Lipinski definition) is 0. The topological polar surface area (TPSA) is 68.6 Å². The Kier molecular flexibility index (Phi) is 5.72. The molecule has 0 aliphatic heterocycles. The minimum Gasteiger partial charge on any atom is -0.293 e. The van der Waals surface area contributed by atoms with Crippen molar-refractivity contribution in [1.29, 1.82) is 0 Å². The second-order valence-corrected chi connectivity index (χ2v) is 8.01. The molecule has 0 atom stereocenters. The maximum Gasteiger partial charge on any atom is 0.174 e. The van der Waals surface area contributed by atoms with Crippen LogP contribution in [0.3, 0.4) is 0 Å². The van der Waals surface area contributed by atoms with Gasteiger partial charge in [-0.1, -0.05) is 6.07 Å². The summed E-state index contributed by atoms with van der Waals surface area (Å²) in [4.78, 5) is 30.1. The summed E-state index contributed by atoms with van der Waals surface area (Å²) in [5.41, 5.74) is 5.11. The van der Waals surface area contributed by atoms with Gasteiger partial charge in [0.15, 0.2) is 11.6 Å². The number of aromatic nitrogens is 4. The van der Waals surface area contributed by atoms with Gasteiger partial charge >= 0.3 is 0 Å². The Morgan fingerprint density at radius 2 is 1.87 bits per heavy atom. The molecule has 0 fully saturated rings. The van der Waals surface area contributed by atoms with Crippen LogP contribution in [0.25, 0.3) is 22.0 Å². The van der Waals surface area contributed by atoms with Crippen molar-refractivity contribution in [2.24, 2.45) is 0 Å². The smallest absolute Gasteiger partial charge is 0.174 e. The zero-order chi connectivity index (χ0) is 21.1. The van der Waals surface area contributed by atoms with Gasteiger partial charge in [-0.25, -0.2) is 9.37 Å². The van der Waals surface area contributed by atoms with E-state index in [1.807, 2.05) is 32.2 Å². The number of Topliss-reactive ketones (excluding diaryl/α,β-unsaturated/α-hetero) is 1. The number of ketones is 1. The summed E-state index contributed by atoms with van der Waals surface area (Å²) < 4.78 is 13.9. The molecular formula is C23H19FN4OS. The molecule has 0 aliphatic rings. The summed E-state index contributed by atoms with van der Waals surface area (Å²) in [5, 5.41) is 0.408. The summed E-state index contributed by atoms with van der Waals surface area (Å²) in [6.07, 6.45) is 7.50. The average Bonchev–Trinajstić information content (AvgIpc) is 3.22. The number of nitrogens with zero attached hydrogens (tertiary/aromatic N) is 4. The molecule has 4 rings (SSSR count). The highest BCUT2D eigenvalue weighted by Gasteiger charge is 2.15. The fourth-order valence-electron chi connectivity index (χ4n) is 3.20. The quantitative estimate of drug-likeness (QED) is 0.401. The molecule has 0 bridgehead atoms. The molecule has 150 valence electrons. The van der Waals surface area contributed by atoms with Crippen molar-refractivity contribution in [2.45, 2.75) is 26.7 Å². The van der Waals surface area contributed by atoms with Gasteiger partial charge in [-0.2, -0.15) is 0 Å². The first-order valence-corrected chi connectivity index (χ1v) is 10.3. The van der Waals surface area contributed by atoms with Gasteiger partial charge in [-0.3, -0.25) is 19.7 Å². The average molecular weight is 418 g/mol. The van der Waals surface area contributed by atoms with Crippen LogP contribution in [0.1, 0.15) is 32.9 Å². The lowest BCUT2D eigenvalue weighted by molar-refractivity contribution is 0.0986. The maximum absolute atomic E-state index is 13.9. The lowest BCUT2D eigenvalue weighted by atomic mass is 10.0. The van der Waals surface area contributed by atoms with Crippen LogP contribution in [0.4, 0.5) is 4.39 Å². The van der Waals surface area contributed by atoms with Crippen LogP contribution in [0.5, 0.6) is 0 Å². The Morgan fingerprint density at radius 1 is 1.00 bits per heavy atom. The van der Waals surface area contributed by atoms with E-state index in [1.165, 1.54) is 24.5 Å². The van der Waals surface area contributed by atoms with Gasteiger partial charge in [0.05, 0.1) is 10.6 Å². The third-order valence-corrected chi connectivity index (χ3v) is 5.73. The first-order valence-electron chi connectivity index (χ1n) is 9.50. The summed E-state index contributed by atoms with van der Waals surface area (Å²) in [6.45, 7) is 3.96. The number of pyridine rings is 3. The van der Waals surface area contributed by atoms with Gasteiger partial charge in [0.25, 0.3) is 0 Å². The number of thiazole rings is 1. The first-order chi connectivity index (χ1) is 14.5. The number of carbonyl (C=O) groups is 1. The molecule has 0 spiro atoms. The number of hydrogen-bond acceptors (Lipinski definition) is 6. The molecule has 0 amide bonds. The van der Waals surface area contributed by atoms with Crippen molar-refractivity contribution >= 4 is 17.1 Å². The van der Waals surface area contributed by atoms with E-state index in [4.69, 9.17) is 0 Å². The minimum absolute atomic E-state index is 0.0263. The Labute approximate surface area is 177 Å². The van der Waals surface area contributed by atoms with Crippen molar-refractivity contribution in [3.63, 3.8) is 0 Å².